The standard InChI is InChI=1S/C20H24N6O4S/c1-24-14-15(13-21-24)31(28,29)26-9-5-8-25(10-11-26)20(27)18-12-17(22-23-18)16-6-3-4-7-19(16)30-2/h3-4,6-7,12-14H,5,8-11H2,1-2H3,(H,22,23). The molecule has 0 bridgehead atoms. The van der Waals surface area contributed by atoms with E-state index in [4.69, 9.17) is 4.74 Å². The van der Waals surface area contributed by atoms with Crippen LogP contribution in [-0.4, -0.2) is 76.8 Å². The zero-order valence-electron chi connectivity index (χ0n) is 17.4. The smallest absolute Gasteiger partial charge is 0.271 e. The maximum atomic E-state index is 13.0. The second kappa shape index (κ2) is 8.52. The molecule has 1 aliphatic rings. The Morgan fingerprint density at radius 1 is 1.16 bits per heavy atom. The van der Waals surface area contributed by atoms with Crippen molar-refractivity contribution in [2.45, 2.75) is 11.3 Å². The number of nitrogens with zero attached hydrogens (tertiary/aromatic N) is 5. The van der Waals surface area contributed by atoms with Crippen molar-refractivity contribution in [1.29, 1.82) is 0 Å². The van der Waals surface area contributed by atoms with E-state index in [1.54, 1.807) is 25.1 Å². The average Bonchev–Trinajstić information content (AvgIpc) is 3.36. The van der Waals surface area contributed by atoms with Crippen LogP contribution in [-0.2, 0) is 17.1 Å². The molecule has 0 atom stereocenters. The quantitative estimate of drug-likeness (QED) is 0.636. The number of hydrogen-bond acceptors (Lipinski definition) is 6. The van der Waals surface area contributed by atoms with Crippen molar-refractivity contribution in [2.24, 2.45) is 7.05 Å². The van der Waals surface area contributed by atoms with Crippen LogP contribution < -0.4 is 4.74 Å². The number of benzene rings is 1. The van der Waals surface area contributed by atoms with Crippen LogP contribution in [0.15, 0.2) is 47.6 Å². The third-order valence-corrected chi connectivity index (χ3v) is 7.10. The number of nitrogens with one attached hydrogen (secondary N) is 1. The number of rotatable bonds is 5. The molecular weight excluding hydrogens is 420 g/mol. The lowest BCUT2D eigenvalue weighted by Crippen LogP contribution is -2.37. The SMILES string of the molecule is COc1ccccc1-c1cc(C(=O)N2CCCN(S(=O)(=O)c3cnn(C)c3)CC2)[nH]n1. The predicted octanol–water partition coefficient (Wildman–Crippen LogP) is 1.36. The minimum absolute atomic E-state index is 0.157. The van der Waals surface area contributed by atoms with E-state index < -0.39 is 10.0 Å². The number of carbonyl (C=O) groups is 1. The van der Waals surface area contributed by atoms with Crippen molar-refractivity contribution in [3.8, 4) is 17.0 Å². The van der Waals surface area contributed by atoms with Gasteiger partial charge in [-0.15, -0.1) is 0 Å². The molecule has 1 amide bonds. The van der Waals surface area contributed by atoms with Gasteiger partial charge in [-0.1, -0.05) is 12.1 Å². The molecule has 3 aromatic rings. The van der Waals surface area contributed by atoms with Crippen LogP contribution >= 0.6 is 0 Å². The van der Waals surface area contributed by atoms with Gasteiger partial charge in [0.2, 0.25) is 10.0 Å². The molecule has 0 saturated carbocycles. The van der Waals surface area contributed by atoms with E-state index in [-0.39, 0.29) is 17.3 Å². The normalized spacial score (nSPS) is 15.6. The van der Waals surface area contributed by atoms with Gasteiger partial charge in [-0.2, -0.15) is 14.5 Å². The Balaban J connectivity index is 1.48. The molecular formula is C20H24N6O4S. The molecule has 4 rings (SSSR count). The number of H-pyrrole nitrogens is 1. The molecule has 10 nitrogen and oxygen atoms in total. The van der Waals surface area contributed by atoms with E-state index >= 15 is 0 Å². The van der Waals surface area contributed by atoms with Crippen LogP contribution in [0.2, 0.25) is 0 Å². The number of aromatic nitrogens is 4. The predicted molar refractivity (Wildman–Crippen MR) is 113 cm³/mol. The topological polar surface area (TPSA) is 113 Å². The van der Waals surface area contributed by atoms with E-state index in [0.717, 1.165) is 5.56 Å². The molecule has 11 heteroatoms. The Bertz CT molecular complexity index is 1190. The summed E-state index contributed by atoms with van der Waals surface area (Å²) in [5, 5.41) is 11.0. The number of carbonyl (C=O) groups excluding carboxylic acids is 1. The largest absolute Gasteiger partial charge is 0.496 e. The van der Waals surface area contributed by atoms with Gasteiger partial charge in [0.1, 0.15) is 16.3 Å². The third kappa shape index (κ3) is 4.19. The highest BCUT2D eigenvalue weighted by atomic mass is 32.2. The van der Waals surface area contributed by atoms with Crippen molar-refractivity contribution in [3.63, 3.8) is 0 Å². The van der Waals surface area contributed by atoms with E-state index in [2.05, 4.69) is 15.3 Å². The summed E-state index contributed by atoms with van der Waals surface area (Å²) in [5.74, 6) is 0.452. The second-order valence-electron chi connectivity index (χ2n) is 7.27. The highest BCUT2D eigenvalue weighted by molar-refractivity contribution is 7.89. The molecule has 0 unspecified atom stereocenters. The fourth-order valence-electron chi connectivity index (χ4n) is 3.61. The van der Waals surface area contributed by atoms with Crippen molar-refractivity contribution in [1.82, 2.24) is 29.2 Å². The minimum Gasteiger partial charge on any atom is -0.496 e. The zero-order chi connectivity index (χ0) is 22.0. The molecule has 0 radical (unpaired) electrons. The number of sulfonamides is 1. The Morgan fingerprint density at radius 2 is 1.97 bits per heavy atom. The lowest BCUT2D eigenvalue weighted by atomic mass is 10.1. The molecule has 1 aliphatic heterocycles. The lowest BCUT2D eigenvalue weighted by Gasteiger charge is -2.21. The Kier molecular flexibility index (Phi) is 5.79. The van der Waals surface area contributed by atoms with E-state index in [9.17, 15) is 13.2 Å². The highest BCUT2D eigenvalue weighted by Gasteiger charge is 2.30. The summed E-state index contributed by atoms with van der Waals surface area (Å²) in [6.07, 6.45) is 3.36. The first-order chi connectivity index (χ1) is 14.9. The maximum Gasteiger partial charge on any atom is 0.271 e. The molecule has 1 saturated heterocycles. The summed E-state index contributed by atoms with van der Waals surface area (Å²) in [6, 6.07) is 9.13. The van der Waals surface area contributed by atoms with E-state index in [0.29, 0.717) is 43.2 Å². The second-order valence-corrected chi connectivity index (χ2v) is 9.20. The fraction of sp³-hybridized carbons (Fsp3) is 0.350. The Morgan fingerprint density at radius 3 is 2.71 bits per heavy atom. The molecule has 1 N–H and O–H groups in total. The Labute approximate surface area is 180 Å². The Hall–Kier alpha value is -3.18. The molecule has 0 spiro atoms. The number of hydrogen-bond donors (Lipinski definition) is 1. The summed E-state index contributed by atoms with van der Waals surface area (Å²) >= 11 is 0. The van der Waals surface area contributed by atoms with Crippen LogP contribution in [0.5, 0.6) is 5.75 Å². The van der Waals surface area contributed by atoms with E-state index in [1.807, 2.05) is 24.3 Å². The van der Waals surface area contributed by atoms with Crippen molar-refractivity contribution in [2.75, 3.05) is 33.3 Å². The molecule has 1 aromatic carbocycles. The van der Waals surface area contributed by atoms with Crippen LogP contribution in [0.4, 0.5) is 0 Å². The van der Waals surface area contributed by atoms with Gasteiger partial charge in [0.05, 0.1) is 19.0 Å². The van der Waals surface area contributed by atoms with Gasteiger partial charge >= 0.3 is 0 Å². The lowest BCUT2D eigenvalue weighted by molar-refractivity contribution is 0.0758. The van der Waals surface area contributed by atoms with Crippen LogP contribution in [0.1, 0.15) is 16.9 Å². The molecule has 164 valence electrons. The summed E-state index contributed by atoms with van der Waals surface area (Å²) < 4.78 is 34.0. The van der Waals surface area contributed by atoms with Gasteiger partial charge < -0.3 is 9.64 Å². The fourth-order valence-corrected chi connectivity index (χ4v) is 5.07. The minimum atomic E-state index is -3.64. The zero-order valence-corrected chi connectivity index (χ0v) is 18.2. The van der Waals surface area contributed by atoms with E-state index in [1.165, 1.54) is 21.4 Å². The van der Waals surface area contributed by atoms with Crippen LogP contribution in [0, 0.1) is 0 Å². The van der Waals surface area contributed by atoms with Crippen molar-refractivity contribution in [3.05, 3.63) is 48.4 Å². The van der Waals surface area contributed by atoms with Gasteiger partial charge in [-0.3, -0.25) is 14.6 Å². The summed E-state index contributed by atoms with van der Waals surface area (Å²) in [5.41, 5.74) is 1.74. The average molecular weight is 445 g/mol. The molecule has 31 heavy (non-hydrogen) atoms. The first-order valence-electron chi connectivity index (χ1n) is 9.87. The van der Waals surface area contributed by atoms with Crippen molar-refractivity contribution < 1.29 is 17.9 Å². The van der Waals surface area contributed by atoms with Gasteiger partial charge in [-0.05, 0) is 24.6 Å². The van der Waals surface area contributed by atoms with Gasteiger partial charge in [0.15, 0.2) is 0 Å². The molecule has 0 aliphatic carbocycles. The number of aromatic amines is 1. The third-order valence-electron chi connectivity index (χ3n) is 5.25. The first-order valence-corrected chi connectivity index (χ1v) is 11.3. The first kappa shape index (κ1) is 21.1. The number of ether oxygens (including phenoxy) is 1. The monoisotopic (exact) mass is 444 g/mol. The maximum absolute atomic E-state index is 13.0. The van der Waals surface area contributed by atoms with Gasteiger partial charge in [-0.25, -0.2) is 8.42 Å². The molecule has 2 aromatic heterocycles. The highest BCUT2D eigenvalue weighted by Crippen LogP contribution is 2.28. The van der Waals surface area contributed by atoms with Gasteiger partial charge in [0.25, 0.3) is 5.91 Å². The molecule has 3 heterocycles. The summed E-state index contributed by atoms with van der Waals surface area (Å²) in [7, 11) is -0.384. The van der Waals surface area contributed by atoms with Crippen LogP contribution in [0.25, 0.3) is 11.3 Å². The summed E-state index contributed by atoms with van der Waals surface area (Å²) in [6.45, 7) is 1.31. The number of aryl methyl sites for hydroxylation is 1. The number of methoxy groups -OCH3 is 1. The summed E-state index contributed by atoms with van der Waals surface area (Å²) in [4.78, 5) is 14.8. The van der Waals surface area contributed by atoms with Crippen molar-refractivity contribution >= 4 is 15.9 Å². The van der Waals surface area contributed by atoms with Gasteiger partial charge in [0, 0.05) is 45.0 Å². The van der Waals surface area contributed by atoms with Crippen LogP contribution in [0.3, 0.4) is 0 Å². The molecule has 1 fully saturated rings. The number of amides is 1. The number of para-hydroxylation sites is 1.